The Morgan fingerprint density at radius 3 is 2.83 bits per heavy atom. The number of rotatable bonds is 1. The smallest absolute Gasteiger partial charge is 0.152 e. The molecular formula is C17H10ClN5. The highest BCUT2D eigenvalue weighted by Gasteiger charge is 2.17. The molecule has 0 aliphatic rings. The molecule has 0 radical (unpaired) electrons. The van der Waals surface area contributed by atoms with Gasteiger partial charge in [0.1, 0.15) is 17.5 Å². The van der Waals surface area contributed by atoms with Crippen LogP contribution in [0.15, 0.2) is 61.3 Å². The Kier molecular flexibility index (Phi) is 2.49. The number of benzene rings is 1. The van der Waals surface area contributed by atoms with Crippen LogP contribution in [0.3, 0.4) is 0 Å². The molecule has 110 valence electrons. The Bertz CT molecular complexity index is 1180. The van der Waals surface area contributed by atoms with Crippen LogP contribution in [-0.2, 0) is 0 Å². The van der Waals surface area contributed by atoms with Crippen molar-refractivity contribution in [1.29, 1.82) is 0 Å². The molecule has 23 heavy (non-hydrogen) atoms. The third-order valence-corrected chi connectivity index (χ3v) is 4.21. The molecule has 5 rings (SSSR count). The zero-order chi connectivity index (χ0) is 15.4. The topological polar surface area (TPSA) is 48.0 Å². The third-order valence-electron chi connectivity index (χ3n) is 3.98. The van der Waals surface area contributed by atoms with E-state index in [4.69, 9.17) is 16.6 Å². The van der Waals surface area contributed by atoms with E-state index in [2.05, 4.69) is 14.5 Å². The normalized spacial score (nSPS) is 11.7. The monoisotopic (exact) mass is 319 g/mol. The lowest BCUT2D eigenvalue weighted by atomic mass is 10.3. The predicted molar refractivity (Wildman–Crippen MR) is 90.1 cm³/mol. The van der Waals surface area contributed by atoms with Crippen molar-refractivity contribution in [2.45, 2.75) is 0 Å². The van der Waals surface area contributed by atoms with Crippen molar-refractivity contribution in [3.05, 3.63) is 66.3 Å². The molecule has 1 aromatic carbocycles. The quantitative estimate of drug-likeness (QED) is 0.471. The Morgan fingerprint density at radius 1 is 1.00 bits per heavy atom. The minimum Gasteiger partial charge on any atom is -0.293 e. The van der Waals surface area contributed by atoms with E-state index in [0.29, 0.717) is 5.02 Å². The van der Waals surface area contributed by atoms with E-state index in [1.54, 1.807) is 18.7 Å². The van der Waals surface area contributed by atoms with Gasteiger partial charge in [-0.2, -0.15) is 0 Å². The molecule has 0 N–H and O–H groups in total. The summed E-state index contributed by atoms with van der Waals surface area (Å²) in [5.74, 6) is 0. The summed E-state index contributed by atoms with van der Waals surface area (Å²) in [6.07, 6.45) is 7.15. The van der Waals surface area contributed by atoms with Crippen LogP contribution in [0.1, 0.15) is 0 Å². The van der Waals surface area contributed by atoms with Gasteiger partial charge in [0, 0.05) is 34.7 Å². The van der Waals surface area contributed by atoms with Gasteiger partial charge in [-0.25, -0.2) is 9.97 Å². The van der Waals surface area contributed by atoms with Crippen molar-refractivity contribution < 1.29 is 0 Å². The molecular weight excluding hydrogens is 310 g/mol. The van der Waals surface area contributed by atoms with Crippen LogP contribution < -0.4 is 0 Å². The fourth-order valence-corrected chi connectivity index (χ4v) is 3.22. The van der Waals surface area contributed by atoms with Crippen molar-refractivity contribution in [1.82, 2.24) is 23.9 Å². The molecule has 0 spiro atoms. The molecule has 0 atom stereocenters. The number of nitrogens with zero attached hydrogens (tertiary/aromatic N) is 5. The van der Waals surface area contributed by atoms with Crippen LogP contribution in [0.25, 0.3) is 33.4 Å². The molecule has 0 bridgehead atoms. The number of halogens is 1. The number of imidazole rings is 1. The number of fused-ring (bicyclic) bond motifs is 5. The predicted octanol–water partition coefficient (Wildman–Crippen LogP) is 3.87. The first kappa shape index (κ1) is 12.6. The fourth-order valence-electron chi connectivity index (χ4n) is 3.04. The molecule has 4 heterocycles. The lowest BCUT2D eigenvalue weighted by Crippen LogP contribution is -1.97. The van der Waals surface area contributed by atoms with Gasteiger partial charge in [-0.1, -0.05) is 17.7 Å². The average molecular weight is 320 g/mol. The Balaban J connectivity index is 2.06. The van der Waals surface area contributed by atoms with Gasteiger partial charge in [0.2, 0.25) is 0 Å². The summed E-state index contributed by atoms with van der Waals surface area (Å²) in [7, 11) is 0. The van der Waals surface area contributed by atoms with Gasteiger partial charge >= 0.3 is 0 Å². The minimum absolute atomic E-state index is 0.693. The van der Waals surface area contributed by atoms with Gasteiger partial charge in [0.25, 0.3) is 0 Å². The standard InChI is InChI=1S/C17H10ClN5/c18-11-2-1-3-12(8-11)23-14-4-6-19-9-13(14)16-17(23)22-10-20-7-5-15(22)21-16/h1-10H. The van der Waals surface area contributed by atoms with E-state index >= 15 is 0 Å². The Morgan fingerprint density at radius 2 is 1.91 bits per heavy atom. The van der Waals surface area contributed by atoms with Crippen LogP contribution in [0, 0.1) is 0 Å². The third kappa shape index (κ3) is 1.71. The average Bonchev–Trinajstić information content (AvgIpc) is 3.09. The molecule has 4 aromatic heterocycles. The second-order valence-electron chi connectivity index (χ2n) is 5.30. The van der Waals surface area contributed by atoms with Crippen molar-refractivity contribution in [3.8, 4) is 5.69 Å². The molecule has 0 aliphatic heterocycles. The van der Waals surface area contributed by atoms with Gasteiger partial charge in [-0.3, -0.25) is 14.0 Å². The van der Waals surface area contributed by atoms with Gasteiger partial charge in [-0.05, 0) is 30.3 Å². The number of hydrogen-bond donors (Lipinski definition) is 0. The van der Waals surface area contributed by atoms with Crippen molar-refractivity contribution in [3.63, 3.8) is 0 Å². The van der Waals surface area contributed by atoms with E-state index in [9.17, 15) is 0 Å². The maximum atomic E-state index is 6.20. The second kappa shape index (κ2) is 4.54. The summed E-state index contributed by atoms with van der Waals surface area (Å²) >= 11 is 6.20. The highest BCUT2D eigenvalue weighted by atomic mass is 35.5. The number of aromatic nitrogens is 5. The van der Waals surface area contributed by atoms with Gasteiger partial charge in [0.05, 0.1) is 5.52 Å². The minimum atomic E-state index is 0.693. The highest BCUT2D eigenvalue weighted by molar-refractivity contribution is 6.30. The Labute approximate surface area is 135 Å². The number of pyridine rings is 1. The van der Waals surface area contributed by atoms with Crippen molar-refractivity contribution >= 4 is 39.3 Å². The molecule has 0 saturated carbocycles. The molecule has 0 unspecified atom stereocenters. The summed E-state index contributed by atoms with van der Waals surface area (Å²) < 4.78 is 4.12. The summed E-state index contributed by atoms with van der Waals surface area (Å²) in [5.41, 5.74) is 4.73. The highest BCUT2D eigenvalue weighted by Crippen LogP contribution is 2.32. The van der Waals surface area contributed by atoms with Crippen molar-refractivity contribution in [2.75, 3.05) is 0 Å². The van der Waals surface area contributed by atoms with Crippen LogP contribution >= 0.6 is 11.6 Å². The van der Waals surface area contributed by atoms with Gasteiger partial charge in [-0.15, -0.1) is 0 Å². The Hall–Kier alpha value is -2.92. The first-order valence-corrected chi connectivity index (χ1v) is 7.53. The van der Waals surface area contributed by atoms with E-state index in [0.717, 1.165) is 33.4 Å². The summed E-state index contributed by atoms with van der Waals surface area (Å²) in [5, 5.41) is 1.70. The van der Waals surface area contributed by atoms with Crippen LogP contribution in [0.5, 0.6) is 0 Å². The lowest BCUT2D eigenvalue weighted by molar-refractivity contribution is 1.05. The first-order valence-electron chi connectivity index (χ1n) is 7.15. The van der Waals surface area contributed by atoms with Crippen LogP contribution in [-0.4, -0.2) is 23.9 Å². The molecule has 0 aliphatic carbocycles. The second-order valence-corrected chi connectivity index (χ2v) is 5.74. The number of hydrogen-bond acceptors (Lipinski definition) is 3. The molecule has 5 nitrogen and oxygen atoms in total. The van der Waals surface area contributed by atoms with E-state index in [-0.39, 0.29) is 0 Å². The summed E-state index contributed by atoms with van der Waals surface area (Å²) in [6, 6.07) is 11.7. The zero-order valence-corrected chi connectivity index (χ0v) is 12.6. The maximum Gasteiger partial charge on any atom is 0.152 e. The molecule has 5 aromatic rings. The molecule has 0 fully saturated rings. The largest absolute Gasteiger partial charge is 0.293 e. The summed E-state index contributed by atoms with van der Waals surface area (Å²) in [6.45, 7) is 0. The van der Waals surface area contributed by atoms with E-state index in [1.807, 2.05) is 47.0 Å². The molecule has 0 amide bonds. The maximum absolute atomic E-state index is 6.20. The summed E-state index contributed by atoms with van der Waals surface area (Å²) in [4.78, 5) is 13.2. The first-order chi connectivity index (χ1) is 11.3. The van der Waals surface area contributed by atoms with E-state index < -0.39 is 0 Å². The van der Waals surface area contributed by atoms with Gasteiger partial charge in [0.15, 0.2) is 5.65 Å². The lowest BCUT2D eigenvalue weighted by Gasteiger charge is -2.08. The van der Waals surface area contributed by atoms with Crippen LogP contribution in [0.2, 0.25) is 5.02 Å². The fraction of sp³-hybridized carbons (Fsp3) is 0. The van der Waals surface area contributed by atoms with Gasteiger partial charge < -0.3 is 0 Å². The van der Waals surface area contributed by atoms with Crippen LogP contribution in [0.4, 0.5) is 0 Å². The SMILES string of the molecule is Clc1cccc(-n2c3ccncc3c3nc4ccncn4c32)c1. The molecule has 0 saturated heterocycles. The van der Waals surface area contributed by atoms with E-state index in [1.165, 1.54) is 0 Å². The molecule has 6 heteroatoms. The zero-order valence-electron chi connectivity index (χ0n) is 11.9. The van der Waals surface area contributed by atoms with Crippen molar-refractivity contribution in [2.24, 2.45) is 0 Å².